The predicted molar refractivity (Wildman–Crippen MR) is 64.2 cm³/mol. The predicted octanol–water partition coefficient (Wildman–Crippen LogP) is 3.34. The number of rotatable bonds is 1. The van der Waals surface area contributed by atoms with Crippen LogP contribution >= 0.6 is 0 Å². The molecular weight excluding hydrogens is 198 g/mol. The van der Waals surface area contributed by atoms with Crippen LogP contribution in [0.3, 0.4) is 0 Å². The molecular formula is C14H10NO. The number of nitrogens with one attached hydrogen (secondary N) is 1. The zero-order valence-electron chi connectivity index (χ0n) is 8.57. The molecule has 16 heavy (non-hydrogen) atoms. The summed E-state index contributed by atoms with van der Waals surface area (Å²) in [4.78, 5) is 3.15. The first kappa shape index (κ1) is 9.04. The monoisotopic (exact) mass is 208 g/mol. The molecule has 0 unspecified atom stereocenters. The topological polar surface area (TPSA) is 36.0 Å². The highest BCUT2D eigenvalue weighted by molar-refractivity contribution is 5.96. The number of hydrogen-bond donors (Lipinski definition) is 2. The lowest BCUT2D eigenvalue weighted by Crippen LogP contribution is -1.80. The standard InChI is InChI=1S/C14H10NO/c16-14-7-2-1-4-12(14)10-5-3-6-13-11(10)8-9-15-13/h1-3,5-9,15-16H. The van der Waals surface area contributed by atoms with Crippen molar-refractivity contribution in [3.63, 3.8) is 0 Å². The van der Waals surface area contributed by atoms with Crippen molar-refractivity contribution in [2.24, 2.45) is 0 Å². The molecule has 1 radical (unpaired) electrons. The summed E-state index contributed by atoms with van der Waals surface area (Å²) in [5.74, 6) is 0.260. The SMILES string of the molecule is Oc1ccc[c]c1-c1cccc2[nH]ccc12. The second-order valence-electron chi connectivity index (χ2n) is 3.67. The van der Waals surface area contributed by atoms with Crippen molar-refractivity contribution in [3.05, 3.63) is 54.7 Å². The molecule has 2 aromatic carbocycles. The summed E-state index contributed by atoms with van der Waals surface area (Å²) in [5.41, 5.74) is 2.80. The molecule has 0 atom stereocenters. The van der Waals surface area contributed by atoms with Gasteiger partial charge in [0.1, 0.15) is 5.75 Å². The van der Waals surface area contributed by atoms with Crippen LogP contribution in [-0.4, -0.2) is 10.1 Å². The fourth-order valence-electron chi connectivity index (χ4n) is 1.95. The fraction of sp³-hybridized carbons (Fsp3) is 0. The molecule has 2 heteroatoms. The van der Waals surface area contributed by atoms with Gasteiger partial charge in [-0.1, -0.05) is 24.3 Å². The highest BCUT2D eigenvalue weighted by Gasteiger charge is 2.07. The average Bonchev–Trinajstić information content (AvgIpc) is 2.77. The smallest absolute Gasteiger partial charge is 0.124 e. The molecule has 1 aromatic heterocycles. The number of fused-ring (bicyclic) bond motifs is 1. The Hall–Kier alpha value is -2.22. The van der Waals surface area contributed by atoms with Gasteiger partial charge >= 0.3 is 0 Å². The third-order valence-electron chi connectivity index (χ3n) is 2.70. The molecule has 0 aliphatic heterocycles. The van der Waals surface area contributed by atoms with Gasteiger partial charge in [-0.15, -0.1) is 0 Å². The number of benzene rings is 2. The van der Waals surface area contributed by atoms with Crippen LogP contribution < -0.4 is 0 Å². The first-order valence-corrected chi connectivity index (χ1v) is 5.12. The first-order valence-electron chi connectivity index (χ1n) is 5.12. The van der Waals surface area contributed by atoms with Crippen molar-refractivity contribution in [3.8, 4) is 16.9 Å². The van der Waals surface area contributed by atoms with E-state index in [-0.39, 0.29) is 5.75 Å². The van der Waals surface area contributed by atoms with E-state index < -0.39 is 0 Å². The number of H-pyrrole nitrogens is 1. The van der Waals surface area contributed by atoms with Crippen LogP contribution in [0.1, 0.15) is 0 Å². The van der Waals surface area contributed by atoms with Gasteiger partial charge in [0.25, 0.3) is 0 Å². The molecule has 1 heterocycles. The summed E-state index contributed by atoms with van der Waals surface area (Å²) in [6, 6.07) is 16.3. The number of phenols is 1. The van der Waals surface area contributed by atoms with E-state index in [1.54, 1.807) is 18.2 Å². The molecule has 0 spiro atoms. The van der Waals surface area contributed by atoms with Crippen LogP contribution in [0.5, 0.6) is 5.75 Å². The summed E-state index contributed by atoms with van der Waals surface area (Å²) in [6.45, 7) is 0. The molecule has 0 aliphatic rings. The van der Waals surface area contributed by atoms with Crippen molar-refractivity contribution in [2.75, 3.05) is 0 Å². The summed E-state index contributed by atoms with van der Waals surface area (Å²) >= 11 is 0. The maximum absolute atomic E-state index is 9.82. The van der Waals surface area contributed by atoms with Crippen LogP contribution in [0.15, 0.2) is 48.7 Å². The van der Waals surface area contributed by atoms with E-state index in [1.165, 1.54) is 0 Å². The lowest BCUT2D eigenvalue weighted by Gasteiger charge is -2.05. The number of aromatic hydroxyl groups is 1. The van der Waals surface area contributed by atoms with Gasteiger partial charge in [0.2, 0.25) is 0 Å². The number of hydrogen-bond acceptors (Lipinski definition) is 1. The second-order valence-corrected chi connectivity index (χ2v) is 3.67. The highest BCUT2D eigenvalue weighted by Crippen LogP contribution is 2.33. The van der Waals surface area contributed by atoms with Crippen LogP contribution in [0.4, 0.5) is 0 Å². The molecule has 2 N–H and O–H groups in total. The molecule has 0 amide bonds. The summed E-state index contributed by atoms with van der Waals surface area (Å²) in [5, 5.41) is 10.9. The Morgan fingerprint density at radius 1 is 1.06 bits per heavy atom. The zero-order valence-corrected chi connectivity index (χ0v) is 8.57. The van der Waals surface area contributed by atoms with Crippen molar-refractivity contribution in [1.82, 2.24) is 4.98 Å². The van der Waals surface area contributed by atoms with Crippen LogP contribution in [0.25, 0.3) is 22.0 Å². The Bertz CT molecular complexity index is 640. The lowest BCUT2D eigenvalue weighted by molar-refractivity contribution is 0.477. The zero-order chi connectivity index (χ0) is 11.0. The molecule has 3 aromatic rings. The Labute approximate surface area is 93.2 Å². The van der Waals surface area contributed by atoms with E-state index >= 15 is 0 Å². The van der Waals surface area contributed by atoms with Gasteiger partial charge in [-0.25, -0.2) is 0 Å². The van der Waals surface area contributed by atoms with E-state index in [2.05, 4.69) is 11.1 Å². The molecule has 2 nitrogen and oxygen atoms in total. The summed E-state index contributed by atoms with van der Waals surface area (Å²) in [6.07, 6.45) is 1.90. The summed E-state index contributed by atoms with van der Waals surface area (Å²) < 4.78 is 0. The number of aromatic amines is 1. The molecule has 77 valence electrons. The molecule has 0 aliphatic carbocycles. The lowest BCUT2D eigenvalue weighted by atomic mass is 10.0. The van der Waals surface area contributed by atoms with Crippen LogP contribution in [0.2, 0.25) is 0 Å². The van der Waals surface area contributed by atoms with Crippen molar-refractivity contribution in [1.29, 1.82) is 0 Å². The minimum Gasteiger partial charge on any atom is -0.507 e. The van der Waals surface area contributed by atoms with Crippen molar-refractivity contribution >= 4 is 10.9 Å². The maximum atomic E-state index is 9.82. The van der Waals surface area contributed by atoms with Gasteiger partial charge in [-0.2, -0.15) is 0 Å². The van der Waals surface area contributed by atoms with Gasteiger partial charge in [0.15, 0.2) is 0 Å². The van der Waals surface area contributed by atoms with E-state index in [0.29, 0.717) is 0 Å². The van der Waals surface area contributed by atoms with Gasteiger partial charge in [0.05, 0.1) is 0 Å². The minimum atomic E-state index is 0.260. The third kappa shape index (κ3) is 1.27. The van der Waals surface area contributed by atoms with Crippen LogP contribution in [-0.2, 0) is 0 Å². The Morgan fingerprint density at radius 3 is 2.88 bits per heavy atom. The number of aromatic nitrogens is 1. The van der Waals surface area contributed by atoms with Crippen molar-refractivity contribution < 1.29 is 5.11 Å². The quantitative estimate of drug-likeness (QED) is 0.632. The van der Waals surface area contributed by atoms with E-state index in [4.69, 9.17) is 0 Å². The average molecular weight is 208 g/mol. The highest BCUT2D eigenvalue weighted by atomic mass is 16.3. The molecule has 0 saturated heterocycles. The molecule has 3 rings (SSSR count). The normalized spacial score (nSPS) is 10.8. The maximum Gasteiger partial charge on any atom is 0.124 e. The third-order valence-corrected chi connectivity index (χ3v) is 2.70. The molecule has 0 saturated carbocycles. The molecule has 0 fully saturated rings. The van der Waals surface area contributed by atoms with Crippen LogP contribution in [0, 0.1) is 6.07 Å². The van der Waals surface area contributed by atoms with E-state index in [9.17, 15) is 5.11 Å². The first-order chi connectivity index (χ1) is 7.86. The van der Waals surface area contributed by atoms with E-state index in [0.717, 1.165) is 22.0 Å². The summed E-state index contributed by atoms with van der Waals surface area (Å²) in [7, 11) is 0. The molecule has 0 bridgehead atoms. The van der Waals surface area contributed by atoms with Gasteiger partial charge < -0.3 is 10.1 Å². The Morgan fingerprint density at radius 2 is 2.00 bits per heavy atom. The van der Waals surface area contributed by atoms with Gasteiger partial charge in [-0.05, 0) is 29.8 Å². The minimum absolute atomic E-state index is 0.260. The van der Waals surface area contributed by atoms with E-state index in [1.807, 2.05) is 30.5 Å². The number of phenolic OH excluding ortho intramolecular Hbond substituents is 1. The fourth-order valence-corrected chi connectivity index (χ4v) is 1.95. The van der Waals surface area contributed by atoms with Gasteiger partial charge in [0, 0.05) is 22.7 Å². The second kappa shape index (κ2) is 3.42. The van der Waals surface area contributed by atoms with Crippen molar-refractivity contribution in [2.45, 2.75) is 0 Å². The largest absolute Gasteiger partial charge is 0.507 e. The van der Waals surface area contributed by atoms with Gasteiger partial charge in [-0.3, -0.25) is 0 Å². The Kier molecular flexibility index (Phi) is 1.93. The Balaban J connectivity index is 2.34.